The van der Waals surface area contributed by atoms with Crippen LogP contribution in [0.3, 0.4) is 0 Å². The predicted octanol–water partition coefficient (Wildman–Crippen LogP) is 2.16. The third kappa shape index (κ3) is 1.91. The molecule has 5 unspecified atom stereocenters. The average Bonchev–Trinajstić information content (AvgIpc) is 3.19. The second kappa shape index (κ2) is 4.81. The first-order valence-electron chi connectivity index (χ1n) is 7.71. The van der Waals surface area contributed by atoms with Crippen LogP contribution < -0.4 is 11.1 Å². The number of amides is 1. The molecule has 3 fully saturated rings. The minimum atomic E-state index is -0.00644. The van der Waals surface area contributed by atoms with Crippen molar-refractivity contribution in [3.63, 3.8) is 0 Å². The lowest BCUT2D eigenvalue weighted by Gasteiger charge is -2.31. The van der Waals surface area contributed by atoms with Gasteiger partial charge in [0.2, 0.25) is 0 Å². The summed E-state index contributed by atoms with van der Waals surface area (Å²) in [6.45, 7) is 0.413. The van der Waals surface area contributed by atoms with Gasteiger partial charge >= 0.3 is 0 Å². The van der Waals surface area contributed by atoms with Crippen molar-refractivity contribution >= 4 is 17.2 Å². The lowest BCUT2D eigenvalue weighted by atomic mass is 9.79. The largest absolute Gasteiger partial charge is 0.348 e. The number of fused-ring (bicyclic) bond motifs is 5. The molecule has 0 spiro atoms. The highest BCUT2D eigenvalue weighted by atomic mass is 32.1. The first-order valence-corrected chi connectivity index (χ1v) is 8.59. The number of nitrogens with two attached hydrogens (primary N) is 1. The van der Waals surface area contributed by atoms with E-state index in [1.54, 1.807) is 0 Å². The second-order valence-electron chi connectivity index (χ2n) is 6.56. The lowest BCUT2D eigenvalue weighted by molar-refractivity contribution is 0.0896. The summed E-state index contributed by atoms with van der Waals surface area (Å²) in [4.78, 5) is 16.6. The van der Waals surface area contributed by atoms with Gasteiger partial charge in [0.15, 0.2) is 0 Å². The Bertz CT molecular complexity index is 529. The molecule has 1 heterocycles. The number of hydrogen-bond acceptors (Lipinski definition) is 4. The summed E-state index contributed by atoms with van der Waals surface area (Å²) >= 11 is 1.47. The van der Waals surface area contributed by atoms with Crippen molar-refractivity contribution < 1.29 is 4.79 Å². The van der Waals surface area contributed by atoms with Crippen LogP contribution in [-0.4, -0.2) is 16.9 Å². The highest BCUT2D eigenvalue weighted by molar-refractivity contribution is 7.09. The van der Waals surface area contributed by atoms with E-state index in [2.05, 4.69) is 10.3 Å². The first kappa shape index (κ1) is 12.8. The maximum Gasteiger partial charge on any atom is 0.270 e. The Morgan fingerprint density at radius 1 is 1.35 bits per heavy atom. The molecule has 3 N–H and O–H groups in total. The van der Waals surface area contributed by atoms with Crippen LogP contribution in [0.1, 0.15) is 47.6 Å². The van der Waals surface area contributed by atoms with Crippen LogP contribution in [0.4, 0.5) is 0 Å². The molecule has 0 saturated heterocycles. The van der Waals surface area contributed by atoms with Crippen molar-refractivity contribution in [2.75, 3.05) is 0 Å². The number of nitrogens with one attached hydrogen (secondary N) is 1. The molecule has 2 bridgehead atoms. The van der Waals surface area contributed by atoms with E-state index in [0.717, 1.165) is 28.7 Å². The molecule has 4 rings (SSSR count). The molecule has 3 aliphatic rings. The quantitative estimate of drug-likeness (QED) is 0.896. The topological polar surface area (TPSA) is 68.0 Å². The molecule has 3 saturated carbocycles. The fraction of sp³-hybridized carbons (Fsp3) is 0.733. The highest BCUT2D eigenvalue weighted by Gasteiger charge is 2.54. The SMILES string of the molecule is NCc1nc(C(=O)NC2CC3CC2C2CCCC32)cs1. The number of carbonyl (C=O) groups excluding carboxylic acids is 1. The van der Waals surface area contributed by atoms with Crippen molar-refractivity contribution in [2.24, 2.45) is 29.4 Å². The van der Waals surface area contributed by atoms with E-state index in [-0.39, 0.29) is 5.91 Å². The van der Waals surface area contributed by atoms with E-state index in [1.807, 2.05) is 5.38 Å². The molecule has 5 atom stereocenters. The Balaban J connectivity index is 1.44. The van der Waals surface area contributed by atoms with Crippen molar-refractivity contribution in [2.45, 2.75) is 44.7 Å². The summed E-state index contributed by atoms with van der Waals surface area (Å²) in [5.74, 6) is 3.44. The van der Waals surface area contributed by atoms with E-state index < -0.39 is 0 Å². The maximum absolute atomic E-state index is 12.3. The summed E-state index contributed by atoms with van der Waals surface area (Å²) in [7, 11) is 0. The third-order valence-electron chi connectivity index (χ3n) is 5.70. The third-order valence-corrected chi connectivity index (χ3v) is 6.58. The Morgan fingerprint density at radius 3 is 3.00 bits per heavy atom. The van der Waals surface area contributed by atoms with Crippen LogP contribution in [0.25, 0.3) is 0 Å². The summed E-state index contributed by atoms with van der Waals surface area (Å²) < 4.78 is 0. The van der Waals surface area contributed by atoms with Gasteiger partial charge in [0.25, 0.3) is 5.91 Å². The van der Waals surface area contributed by atoms with Crippen molar-refractivity contribution in [3.05, 3.63) is 16.1 Å². The van der Waals surface area contributed by atoms with Gasteiger partial charge in [-0.3, -0.25) is 4.79 Å². The summed E-state index contributed by atoms with van der Waals surface area (Å²) in [6.07, 6.45) is 6.73. The fourth-order valence-corrected chi connectivity index (χ4v) is 5.64. The van der Waals surface area contributed by atoms with Crippen LogP contribution in [0.15, 0.2) is 5.38 Å². The van der Waals surface area contributed by atoms with E-state index in [9.17, 15) is 4.79 Å². The molecule has 4 nitrogen and oxygen atoms in total. The Kier molecular flexibility index (Phi) is 3.07. The van der Waals surface area contributed by atoms with Crippen LogP contribution in [0, 0.1) is 23.7 Å². The summed E-state index contributed by atoms with van der Waals surface area (Å²) in [5, 5.41) is 5.90. The van der Waals surface area contributed by atoms with E-state index in [4.69, 9.17) is 5.73 Å². The molecule has 108 valence electrons. The molecule has 20 heavy (non-hydrogen) atoms. The molecule has 0 aliphatic heterocycles. The van der Waals surface area contributed by atoms with Crippen molar-refractivity contribution in [3.8, 4) is 0 Å². The van der Waals surface area contributed by atoms with Gasteiger partial charge < -0.3 is 11.1 Å². The van der Waals surface area contributed by atoms with E-state index in [0.29, 0.717) is 18.3 Å². The zero-order chi connectivity index (χ0) is 13.7. The smallest absolute Gasteiger partial charge is 0.270 e. The van der Waals surface area contributed by atoms with Gasteiger partial charge in [-0.15, -0.1) is 11.3 Å². The molecule has 0 aromatic carbocycles. The van der Waals surface area contributed by atoms with Crippen LogP contribution in [0.2, 0.25) is 0 Å². The maximum atomic E-state index is 12.3. The number of rotatable bonds is 3. The molecular weight excluding hydrogens is 270 g/mol. The number of nitrogens with zero attached hydrogens (tertiary/aromatic N) is 1. The number of thiazole rings is 1. The zero-order valence-corrected chi connectivity index (χ0v) is 12.4. The Labute approximate surface area is 123 Å². The molecule has 1 aromatic heterocycles. The van der Waals surface area contributed by atoms with Gasteiger partial charge in [-0.25, -0.2) is 4.98 Å². The van der Waals surface area contributed by atoms with Crippen LogP contribution in [0.5, 0.6) is 0 Å². The zero-order valence-electron chi connectivity index (χ0n) is 11.5. The van der Waals surface area contributed by atoms with Gasteiger partial charge in [0, 0.05) is 18.0 Å². The monoisotopic (exact) mass is 291 g/mol. The standard InChI is InChI=1S/C15H21N3OS/c16-6-14-17-13(7-20-14)15(19)18-12-5-8-4-11(12)10-3-1-2-9(8)10/h7-12H,1-6,16H2,(H,18,19). The molecular formula is C15H21N3OS. The minimum absolute atomic E-state index is 0.00644. The van der Waals surface area contributed by atoms with Gasteiger partial charge in [0.05, 0.1) is 0 Å². The summed E-state index contributed by atoms with van der Waals surface area (Å²) in [6, 6.07) is 0.384. The Morgan fingerprint density at radius 2 is 2.20 bits per heavy atom. The van der Waals surface area contributed by atoms with Gasteiger partial charge in [-0.05, 0) is 49.4 Å². The first-order chi connectivity index (χ1) is 9.76. The van der Waals surface area contributed by atoms with Gasteiger partial charge in [-0.1, -0.05) is 6.42 Å². The molecule has 1 amide bonds. The fourth-order valence-electron chi connectivity index (χ4n) is 4.99. The second-order valence-corrected chi connectivity index (χ2v) is 7.51. The van der Waals surface area contributed by atoms with Crippen LogP contribution in [-0.2, 0) is 6.54 Å². The van der Waals surface area contributed by atoms with Gasteiger partial charge in [-0.2, -0.15) is 0 Å². The van der Waals surface area contributed by atoms with Gasteiger partial charge in [0.1, 0.15) is 10.7 Å². The predicted molar refractivity (Wildman–Crippen MR) is 78.3 cm³/mol. The molecule has 5 heteroatoms. The van der Waals surface area contributed by atoms with Crippen molar-refractivity contribution in [1.82, 2.24) is 10.3 Å². The molecule has 0 radical (unpaired) electrons. The summed E-state index contributed by atoms with van der Waals surface area (Å²) in [5.41, 5.74) is 6.09. The normalized spacial score (nSPS) is 38.1. The molecule has 3 aliphatic carbocycles. The average molecular weight is 291 g/mol. The highest BCUT2D eigenvalue weighted by Crippen LogP contribution is 2.58. The number of carbonyl (C=O) groups is 1. The van der Waals surface area contributed by atoms with E-state index in [1.165, 1.54) is 43.4 Å². The van der Waals surface area contributed by atoms with Crippen molar-refractivity contribution in [1.29, 1.82) is 0 Å². The van der Waals surface area contributed by atoms with E-state index >= 15 is 0 Å². The number of hydrogen-bond donors (Lipinski definition) is 2. The molecule has 1 aromatic rings. The lowest BCUT2D eigenvalue weighted by Crippen LogP contribution is -2.42. The number of aromatic nitrogens is 1. The minimum Gasteiger partial charge on any atom is -0.348 e. The van der Waals surface area contributed by atoms with Crippen LogP contribution >= 0.6 is 11.3 Å². The Hall–Kier alpha value is -0.940.